The molecule has 2 aromatic rings. The van der Waals surface area contributed by atoms with Gasteiger partial charge in [0.1, 0.15) is 4.90 Å². The third kappa shape index (κ3) is 2.62. The van der Waals surface area contributed by atoms with Crippen molar-refractivity contribution in [2.75, 3.05) is 19.1 Å². The Morgan fingerprint density at radius 1 is 1.05 bits per heavy atom. The fourth-order valence-electron chi connectivity index (χ4n) is 1.83. The first kappa shape index (κ1) is 14.8. The van der Waals surface area contributed by atoms with E-state index in [1.54, 1.807) is 12.1 Å². The molecule has 20 heavy (non-hydrogen) atoms. The Hall–Kier alpha value is -1.64. The zero-order valence-electron chi connectivity index (χ0n) is 10.8. The molecule has 0 amide bonds. The molecule has 0 spiro atoms. The van der Waals surface area contributed by atoms with Gasteiger partial charge in [-0.1, -0.05) is 6.07 Å². The van der Waals surface area contributed by atoms with Crippen molar-refractivity contribution in [1.29, 1.82) is 0 Å². The van der Waals surface area contributed by atoms with Gasteiger partial charge in [0.05, 0.1) is 12.0 Å². The van der Waals surface area contributed by atoms with E-state index >= 15 is 0 Å². The highest BCUT2D eigenvalue weighted by atomic mass is 32.2. The highest BCUT2D eigenvalue weighted by Gasteiger charge is 2.21. The maximum Gasteiger partial charge on any atom is 0.297 e. The monoisotopic (exact) mass is 315 g/mol. The van der Waals surface area contributed by atoms with Crippen LogP contribution in [0, 0.1) is 0 Å². The third-order valence-corrected chi connectivity index (χ3v) is 5.24. The lowest BCUT2D eigenvalue weighted by molar-refractivity contribution is 0.398. The number of hydrogen-bond acceptors (Lipinski definition) is 6. The first-order valence-electron chi connectivity index (χ1n) is 5.49. The summed E-state index contributed by atoms with van der Waals surface area (Å²) in [4.78, 5) is -0.310. The molecular weight excluding hydrogens is 302 g/mol. The maximum absolute atomic E-state index is 11.9. The van der Waals surface area contributed by atoms with Crippen LogP contribution < -0.4 is 5.73 Å². The Morgan fingerprint density at radius 2 is 1.70 bits per heavy atom. The van der Waals surface area contributed by atoms with Gasteiger partial charge >= 0.3 is 0 Å². The molecule has 2 N–H and O–H groups in total. The molecule has 0 saturated carbocycles. The Kier molecular flexibility index (Phi) is 3.49. The number of anilines is 1. The van der Waals surface area contributed by atoms with Crippen molar-refractivity contribution in [3.05, 3.63) is 30.3 Å². The minimum absolute atomic E-state index is 0.0922. The molecule has 8 heteroatoms. The number of nitrogen functional groups attached to an aromatic ring is 1. The molecule has 2 aromatic carbocycles. The number of rotatable bonds is 3. The fourth-order valence-corrected chi connectivity index (χ4v) is 3.47. The fraction of sp³-hybridized carbons (Fsp3) is 0.167. The summed E-state index contributed by atoms with van der Waals surface area (Å²) in [5.41, 5.74) is 6.02. The average molecular weight is 315 g/mol. The second-order valence-electron chi connectivity index (χ2n) is 4.29. The molecule has 0 radical (unpaired) electrons. The molecule has 0 aliphatic heterocycles. The smallest absolute Gasteiger partial charge is 0.297 e. The van der Waals surface area contributed by atoms with E-state index in [1.165, 1.54) is 12.1 Å². The van der Waals surface area contributed by atoms with Crippen molar-refractivity contribution in [3.8, 4) is 0 Å². The standard InChI is InChI=1S/C12H13NO5S2/c1-18-20(16,17)12-7-10(19(2,14)15)5-8-3-4-9(13)6-11(8)12/h3-7H,13H2,1-2H3. The summed E-state index contributed by atoms with van der Waals surface area (Å²) in [6.45, 7) is 0. The van der Waals surface area contributed by atoms with E-state index in [9.17, 15) is 16.8 Å². The van der Waals surface area contributed by atoms with Gasteiger partial charge in [-0.05, 0) is 29.7 Å². The highest BCUT2D eigenvalue weighted by Crippen LogP contribution is 2.29. The number of benzene rings is 2. The molecule has 108 valence electrons. The van der Waals surface area contributed by atoms with Crippen LogP contribution in [0.3, 0.4) is 0 Å². The molecule has 0 bridgehead atoms. The lowest BCUT2D eigenvalue weighted by Gasteiger charge is -2.09. The summed E-state index contributed by atoms with van der Waals surface area (Å²) < 4.78 is 51.7. The minimum atomic E-state index is -4.04. The molecule has 0 aromatic heterocycles. The number of sulfone groups is 1. The zero-order chi connectivity index (χ0) is 15.1. The van der Waals surface area contributed by atoms with E-state index in [4.69, 9.17) is 5.73 Å². The second-order valence-corrected chi connectivity index (χ2v) is 7.99. The van der Waals surface area contributed by atoms with Crippen molar-refractivity contribution in [3.63, 3.8) is 0 Å². The molecular formula is C12H13NO5S2. The van der Waals surface area contributed by atoms with E-state index < -0.39 is 20.0 Å². The van der Waals surface area contributed by atoms with E-state index in [0.717, 1.165) is 19.4 Å². The van der Waals surface area contributed by atoms with Gasteiger partial charge in [-0.25, -0.2) is 8.42 Å². The van der Waals surface area contributed by atoms with E-state index in [0.29, 0.717) is 16.5 Å². The van der Waals surface area contributed by atoms with Crippen molar-refractivity contribution in [2.24, 2.45) is 0 Å². The van der Waals surface area contributed by atoms with Crippen molar-refractivity contribution < 1.29 is 21.0 Å². The largest absolute Gasteiger partial charge is 0.399 e. The molecule has 0 saturated heterocycles. The summed E-state index contributed by atoms with van der Waals surface area (Å²) in [7, 11) is -6.58. The van der Waals surface area contributed by atoms with Crippen LogP contribution in [0.25, 0.3) is 10.8 Å². The van der Waals surface area contributed by atoms with Crippen molar-refractivity contribution in [1.82, 2.24) is 0 Å². The van der Waals surface area contributed by atoms with Gasteiger partial charge in [-0.15, -0.1) is 0 Å². The van der Waals surface area contributed by atoms with Crippen LogP contribution in [0.2, 0.25) is 0 Å². The molecule has 0 atom stereocenters. The van der Waals surface area contributed by atoms with Crippen molar-refractivity contribution >= 4 is 36.4 Å². The molecule has 6 nitrogen and oxygen atoms in total. The Balaban J connectivity index is 2.99. The summed E-state index contributed by atoms with van der Waals surface area (Å²) in [6, 6.07) is 7.08. The SMILES string of the molecule is COS(=O)(=O)c1cc(S(C)(=O)=O)cc2ccc(N)cc12. The van der Waals surface area contributed by atoms with Gasteiger partial charge < -0.3 is 5.73 Å². The van der Waals surface area contributed by atoms with Gasteiger partial charge in [0.2, 0.25) is 0 Å². The summed E-state index contributed by atoms with van der Waals surface area (Å²) in [5.74, 6) is 0. The highest BCUT2D eigenvalue weighted by molar-refractivity contribution is 7.90. The van der Waals surface area contributed by atoms with Gasteiger partial charge in [0.15, 0.2) is 9.84 Å². The van der Waals surface area contributed by atoms with Gasteiger partial charge in [-0.3, -0.25) is 4.18 Å². The van der Waals surface area contributed by atoms with Crippen LogP contribution in [-0.2, 0) is 24.1 Å². The summed E-state index contributed by atoms with van der Waals surface area (Å²) in [5, 5.41) is 0.775. The van der Waals surface area contributed by atoms with Crippen LogP contribution in [0.15, 0.2) is 40.1 Å². The molecule has 0 unspecified atom stereocenters. The predicted octanol–water partition coefficient (Wildman–Crippen LogP) is 1.16. The van der Waals surface area contributed by atoms with Crippen molar-refractivity contribution in [2.45, 2.75) is 9.79 Å². The van der Waals surface area contributed by atoms with E-state index in [-0.39, 0.29) is 9.79 Å². The molecule has 2 rings (SSSR count). The van der Waals surface area contributed by atoms with Crippen LogP contribution in [0.1, 0.15) is 0 Å². The molecule has 0 heterocycles. The first-order chi connectivity index (χ1) is 9.15. The second kappa shape index (κ2) is 4.72. The topological polar surface area (TPSA) is 104 Å². The van der Waals surface area contributed by atoms with E-state index in [1.807, 2.05) is 0 Å². The predicted molar refractivity (Wildman–Crippen MR) is 75.7 cm³/mol. The maximum atomic E-state index is 11.9. The van der Waals surface area contributed by atoms with Gasteiger partial charge in [0, 0.05) is 17.3 Å². The molecule has 0 aliphatic carbocycles. The van der Waals surface area contributed by atoms with E-state index in [2.05, 4.69) is 4.18 Å². The van der Waals surface area contributed by atoms with Gasteiger partial charge in [0.25, 0.3) is 10.1 Å². The number of fused-ring (bicyclic) bond motifs is 1. The Bertz CT molecular complexity index is 885. The molecule has 0 fully saturated rings. The first-order valence-corrected chi connectivity index (χ1v) is 8.79. The molecule has 0 aliphatic rings. The Morgan fingerprint density at radius 3 is 2.25 bits per heavy atom. The van der Waals surface area contributed by atoms with Crippen LogP contribution >= 0.6 is 0 Å². The minimum Gasteiger partial charge on any atom is -0.399 e. The van der Waals surface area contributed by atoms with Crippen LogP contribution in [-0.4, -0.2) is 30.2 Å². The number of hydrogen-bond donors (Lipinski definition) is 1. The van der Waals surface area contributed by atoms with Crippen LogP contribution in [0.5, 0.6) is 0 Å². The third-order valence-electron chi connectivity index (χ3n) is 2.83. The normalized spacial score (nSPS) is 12.7. The summed E-state index contributed by atoms with van der Waals surface area (Å²) >= 11 is 0. The summed E-state index contributed by atoms with van der Waals surface area (Å²) in [6.07, 6.45) is 1.01. The quantitative estimate of drug-likeness (QED) is 0.673. The number of nitrogens with two attached hydrogens (primary N) is 1. The average Bonchev–Trinajstić information content (AvgIpc) is 2.36. The van der Waals surface area contributed by atoms with Gasteiger partial charge in [-0.2, -0.15) is 8.42 Å². The zero-order valence-corrected chi connectivity index (χ0v) is 12.5. The lowest BCUT2D eigenvalue weighted by atomic mass is 10.1. The Labute approximate surface area is 117 Å². The van der Waals surface area contributed by atoms with Crippen LogP contribution in [0.4, 0.5) is 5.69 Å². The lowest BCUT2D eigenvalue weighted by Crippen LogP contribution is -2.06.